The zero-order valence-corrected chi connectivity index (χ0v) is 12.9. The topological polar surface area (TPSA) is 20.3 Å². The highest BCUT2D eigenvalue weighted by Gasteiger charge is 2.06. The van der Waals surface area contributed by atoms with Gasteiger partial charge in [-0.05, 0) is 37.4 Å². The van der Waals surface area contributed by atoms with Crippen molar-refractivity contribution in [2.45, 2.75) is 6.42 Å². The maximum atomic E-state index is 12.8. The molecule has 0 saturated carbocycles. The average molecular weight is 297 g/mol. The Morgan fingerprint density at radius 2 is 1.68 bits per heavy atom. The smallest absolute Gasteiger partial charge is 0.167 e. The zero-order chi connectivity index (χ0) is 15.9. The Labute approximate surface area is 130 Å². The van der Waals surface area contributed by atoms with E-state index in [1.54, 1.807) is 12.1 Å². The van der Waals surface area contributed by atoms with E-state index in [1.165, 1.54) is 12.1 Å². The molecule has 114 valence electrons. The monoisotopic (exact) mass is 297 g/mol. The minimum atomic E-state index is -0.287. The van der Waals surface area contributed by atoms with E-state index < -0.39 is 0 Å². The average Bonchev–Trinajstić information content (AvgIpc) is 2.50. The number of likely N-dealkylation sites (N-methyl/N-ethyl adjacent to an activating group) is 1. The van der Waals surface area contributed by atoms with Gasteiger partial charge in [-0.25, -0.2) is 4.39 Å². The second-order valence-electron chi connectivity index (χ2n) is 5.51. The molecule has 2 nitrogen and oxygen atoms in total. The van der Waals surface area contributed by atoms with Crippen LogP contribution in [-0.4, -0.2) is 31.3 Å². The lowest BCUT2D eigenvalue weighted by atomic mass is 10.0. The first kappa shape index (κ1) is 16.1. The summed E-state index contributed by atoms with van der Waals surface area (Å²) in [5.74, 6) is -0.250. The SMILES string of the molecule is CN(C)C/C=C/c1ccc(C(=O)Cc2ccc(F)cc2)cc1. The van der Waals surface area contributed by atoms with E-state index in [1.807, 2.05) is 44.4 Å². The minimum absolute atomic E-state index is 0.0374. The fraction of sp³-hybridized carbons (Fsp3) is 0.211. The number of carbonyl (C=O) groups is 1. The van der Waals surface area contributed by atoms with Crippen LogP contribution < -0.4 is 0 Å². The summed E-state index contributed by atoms with van der Waals surface area (Å²) in [6.07, 6.45) is 4.40. The van der Waals surface area contributed by atoms with Gasteiger partial charge in [-0.2, -0.15) is 0 Å². The Morgan fingerprint density at radius 1 is 1.05 bits per heavy atom. The predicted molar refractivity (Wildman–Crippen MR) is 88.5 cm³/mol. The molecule has 0 aliphatic rings. The Morgan fingerprint density at radius 3 is 2.27 bits per heavy atom. The van der Waals surface area contributed by atoms with Crippen molar-refractivity contribution >= 4 is 11.9 Å². The lowest BCUT2D eigenvalue weighted by Gasteiger charge is -2.04. The lowest BCUT2D eigenvalue weighted by Crippen LogP contribution is -2.10. The normalized spacial score (nSPS) is 11.3. The third kappa shape index (κ3) is 4.93. The highest BCUT2D eigenvalue weighted by atomic mass is 19.1. The summed E-state index contributed by atoms with van der Waals surface area (Å²) in [5, 5.41) is 0. The standard InChI is InChI=1S/C19H20FNO/c1-21(2)13-3-4-15-5-9-17(10-6-15)19(22)14-16-7-11-18(20)12-8-16/h3-12H,13-14H2,1-2H3/b4-3+. The summed E-state index contributed by atoms with van der Waals surface area (Å²) >= 11 is 0. The molecule has 0 N–H and O–H groups in total. The zero-order valence-electron chi connectivity index (χ0n) is 12.9. The quantitative estimate of drug-likeness (QED) is 0.755. The second kappa shape index (κ2) is 7.66. The largest absolute Gasteiger partial charge is 0.306 e. The summed E-state index contributed by atoms with van der Waals surface area (Å²) in [6, 6.07) is 13.6. The molecular formula is C19H20FNO. The molecule has 0 bridgehead atoms. The van der Waals surface area contributed by atoms with Crippen LogP contribution in [0.1, 0.15) is 21.5 Å². The lowest BCUT2D eigenvalue weighted by molar-refractivity contribution is 0.0993. The van der Waals surface area contributed by atoms with E-state index in [4.69, 9.17) is 0 Å². The van der Waals surface area contributed by atoms with Crippen molar-refractivity contribution in [3.05, 3.63) is 77.1 Å². The van der Waals surface area contributed by atoms with Crippen LogP contribution in [0.3, 0.4) is 0 Å². The predicted octanol–water partition coefficient (Wildman–Crippen LogP) is 3.83. The number of halogens is 1. The highest BCUT2D eigenvalue weighted by Crippen LogP contribution is 2.11. The van der Waals surface area contributed by atoms with E-state index in [0.717, 1.165) is 17.7 Å². The van der Waals surface area contributed by atoms with E-state index in [9.17, 15) is 9.18 Å². The van der Waals surface area contributed by atoms with Gasteiger partial charge in [-0.3, -0.25) is 4.79 Å². The molecule has 0 amide bonds. The number of ketones is 1. The summed E-state index contributed by atoms with van der Waals surface area (Å²) in [7, 11) is 4.03. The number of hydrogen-bond donors (Lipinski definition) is 0. The van der Waals surface area contributed by atoms with Crippen molar-refractivity contribution in [3.63, 3.8) is 0 Å². The van der Waals surface area contributed by atoms with Crippen LogP contribution in [0.25, 0.3) is 6.08 Å². The Balaban J connectivity index is 1.99. The van der Waals surface area contributed by atoms with Crippen molar-refractivity contribution in [2.24, 2.45) is 0 Å². The fourth-order valence-corrected chi connectivity index (χ4v) is 2.07. The molecule has 22 heavy (non-hydrogen) atoms. The molecule has 0 spiro atoms. The number of hydrogen-bond acceptors (Lipinski definition) is 2. The molecule has 2 aromatic carbocycles. The van der Waals surface area contributed by atoms with Crippen molar-refractivity contribution < 1.29 is 9.18 Å². The van der Waals surface area contributed by atoms with Gasteiger partial charge in [-0.15, -0.1) is 0 Å². The first-order valence-electron chi connectivity index (χ1n) is 7.23. The van der Waals surface area contributed by atoms with Crippen molar-refractivity contribution in [1.82, 2.24) is 4.90 Å². The third-order valence-electron chi connectivity index (χ3n) is 3.29. The van der Waals surface area contributed by atoms with Crippen LogP contribution in [0.15, 0.2) is 54.6 Å². The number of benzene rings is 2. The molecule has 0 unspecified atom stereocenters. The molecule has 2 aromatic rings. The minimum Gasteiger partial charge on any atom is -0.306 e. The molecule has 0 aliphatic heterocycles. The first-order valence-corrected chi connectivity index (χ1v) is 7.23. The van der Waals surface area contributed by atoms with Gasteiger partial charge < -0.3 is 4.90 Å². The summed E-state index contributed by atoms with van der Waals surface area (Å²) in [5.41, 5.74) is 2.57. The van der Waals surface area contributed by atoms with Crippen LogP contribution >= 0.6 is 0 Å². The van der Waals surface area contributed by atoms with Gasteiger partial charge in [-0.1, -0.05) is 48.6 Å². The molecule has 3 heteroatoms. The molecule has 0 atom stereocenters. The number of carbonyl (C=O) groups excluding carboxylic acids is 1. The fourth-order valence-electron chi connectivity index (χ4n) is 2.07. The number of rotatable bonds is 6. The third-order valence-corrected chi connectivity index (χ3v) is 3.29. The molecule has 0 heterocycles. The Kier molecular flexibility index (Phi) is 5.61. The summed E-state index contributed by atoms with van der Waals surface area (Å²) in [6.45, 7) is 0.880. The van der Waals surface area contributed by atoms with Crippen LogP contribution in [-0.2, 0) is 6.42 Å². The molecule has 0 saturated heterocycles. The molecular weight excluding hydrogens is 277 g/mol. The van der Waals surface area contributed by atoms with Gasteiger partial charge in [0.15, 0.2) is 5.78 Å². The van der Waals surface area contributed by atoms with Gasteiger partial charge in [0.1, 0.15) is 5.82 Å². The summed E-state index contributed by atoms with van der Waals surface area (Å²) in [4.78, 5) is 14.3. The van der Waals surface area contributed by atoms with Gasteiger partial charge in [0.05, 0.1) is 0 Å². The van der Waals surface area contributed by atoms with E-state index in [2.05, 4.69) is 11.0 Å². The maximum Gasteiger partial charge on any atom is 0.167 e. The van der Waals surface area contributed by atoms with Gasteiger partial charge in [0, 0.05) is 18.5 Å². The molecule has 0 fully saturated rings. The maximum absolute atomic E-state index is 12.8. The first-order chi connectivity index (χ1) is 10.5. The number of Topliss-reactive ketones (excluding diaryl/α,β-unsaturated/α-hetero) is 1. The van der Waals surface area contributed by atoms with Crippen LogP contribution in [0, 0.1) is 5.82 Å². The Hall–Kier alpha value is -2.26. The highest BCUT2D eigenvalue weighted by molar-refractivity contribution is 5.97. The summed E-state index contributed by atoms with van der Waals surface area (Å²) < 4.78 is 12.8. The van der Waals surface area contributed by atoms with Crippen LogP contribution in [0.2, 0.25) is 0 Å². The second-order valence-corrected chi connectivity index (χ2v) is 5.51. The van der Waals surface area contributed by atoms with Crippen molar-refractivity contribution in [3.8, 4) is 0 Å². The Bertz CT molecular complexity index is 642. The van der Waals surface area contributed by atoms with Crippen molar-refractivity contribution in [2.75, 3.05) is 20.6 Å². The van der Waals surface area contributed by atoms with Gasteiger partial charge in [0.25, 0.3) is 0 Å². The van der Waals surface area contributed by atoms with Gasteiger partial charge >= 0.3 is 0 Å². The molecule has 0 radical (unpaired) electrons. The van der Waals surface area contributed by atoms with Gasteiger partial charge in [0.2, 0.25) is 0 Å². The van der Waals surface area contributed by atoms with E-state index in [-0.39, 0.29) is 18.0 Å². The molecule has 0 aromatic heterocycles. The van der Waals surface area contributed by atoms with Crippen molar-refractivity contribution in [1.29, 1.82) is 0 Å². The number of nitrogens with zero attached hydrogens (tertiary/aromatic N) is 1. The van der Waals surface area contributed by atoms with E-state index in [0.29, 0.717) is 5.56 Å². The van der Waals surface area contributed by atoms with Crippen LogP contribution in [0.5, 0.6) is 0 Å². The molecule has 2 rings (SSSR count). The molecule has 0 aliphatic carbocycles. The van der Waals surface area contributed by atoms with Crippen LogP contribution in [0.4, 0.5) is 4.39 Å². The van der Waals surface area contributed by atoms with E-state index >= 15 is 0 Å².